The lowest BCUT2D eigenvalue weighted by molar-refractivity contribution is 0.0915. The molecule has 2 aromatic rings. The fourth-order valence-corrected chi connectivity index (χ4v) is 2.64. The fourth-order valence-electron chi connectivity index (χ4n) is 2.64. The summed E-state index contributed by atoms with van der Waals surface area (Å²) < 4.78 is 15.8. The van der Waals surface area contributed by atoms with Gasteiger partial charge in [-0.15, -0.1) is 0 Å². The average Bonchev–Trinajstić information content (AvgIpc) is 3.06. The van der Waals surface area contributed by atoms with E-state index in [2.05, 4.69) is 10.3 Å². The highest BCUT2D eigenvalue weighted by Gasteiger charge is 2.33. The first-order valence-corrected chi connectivity index (χ1v) is 8.00. The van der Waals surface area contributed by atoms with Crippen LogP contribution >= 0.6 is 0 Å². The van der Waals surface area contributed by atoms with E-state index in [0.29, 0.717) is 29.3 Å². The second kappa shape index (κ2) is 7.73. The summed E-state index contributed by atoms with van der Waals surface area (Å²) in [5, 5.41) is 2.75. The number of methoxy groups -OCH3 is 2. The van der Waals surface area contributed by atoms with E-state index < -0.39 is 12.2 Å². The number of pyridine rings is 1. The summed E-state index contributed by atoms with van der Waals surface area (Å²) in [7, 11) is 3.07. The van der Waals surface area contributed by atoms with Crippen LogP contribution in [0.2, 0.25) is 0 Å². The van der Waals surface area contributed by atoms with Gasteiger partial charge in [0.2, 0.25) is 0 Å². The van der Waals surface area contributed by atoms with E-state index in [4.69, 9.17) is 14.2 Å². The van der Waals surface area contributed by atoms with Crippen LogP contribution in [0, 0.1) is 0 Å². The van der Waals surface area contributed by atoms with Gasteiger partial charge in [0.1, 0.15) is 6.10 Å². The number of carbonyl (C=O) groups is 2. The fraction of sp³-hybridized carbons (Fsp3) is 0.278. The minimum absolute atomic E-state index is 0.212. The van der Waals surface area contributed by atoms with Crippen molar-refractivity contribution in [2.45, 2.75) is 6.10 Å². The molecule has 8 heteroatoms. The lowest BCUT2D eigenvalue weighted by atomic mass is 10.2. The van der Waals surface area contributed by atoms with E-state index in [-0.39, 0.29) is 12.5 Å². The minimum atomic E-state index is -0.474. The highest BCUT2D eigenvalue weighted by Crippen LogP contribution is 2.33. The highest BCUT2D eigenvalue weighted by atomic mass is 16.6. The van der Waals surface area contributed by atoms with Gasteiger partial charge in [0, 0.05) is 18.5 Å². The molecule has 0 bridgehead atoms. The smallest absolute Gasteiger partial charge is 0.414 e. The zero-order chi connectivity index (χ0) is 18.5. The van der Waals surface area contributed by atoms with E-state index in [1.54, 1.807) is 43.6 Å². The number of ether oxygens (including phenoxy) is 3. The van der Waals surface area contributed by atoms with Gasteiger partial charge in [-0.25, -0.2) is 4.79 Å². The Morgan fingerprint density at radius 1 is 1.31 bits per heavy atom. The van der Waals surface area contributed by atoms with Crippen LogP contribution in [0.1, 0.15) is 10.4 Å². The molecule has 2 amide bonds. The molecule has 1 unspecified atom stereocenters. The Kier molecular flexibility index (Phi) is 5.21. The zero-order valence-corrected chi connectivity index (χ0v) is 14.5. The van der Waals surface area contributed by atoms with Crippen molar-refractivity contribution >= 4 is 17.7 Å². The van der Waals surface area contributed by atoms with Gasteiger partial charge in [0.15, 0.2) is 11.5 Å². The Hall–Kier alpha value is -3.29. The van der Waals surface area contributed by atoms with Gasteiger partial charge < -0.3 is 19.5 Å². The van der Waals surface area contributed by atoms with Crippen LogP contribution in [0.15, 0.2) is 42.7 Å². The molecule has 1 N–H and O–H groups in total. The molecule has 8 nitrogen and oxygen atoms in total. The normalized spacial score (nSPS) is 16.2. The Labute approximate surface area is 150 Å². The van der Waals surface area contributed by atoms with Crippen molar-refractivity contribution in [2.75, 3.05) is 32.2 Å². The molecule has 1 saturated heterocycles. The summed E-state index contributed by atoms with van der Waals surface area (Å²) in [6.07, 6.45) is 2.15. The Morgan fingerprint density at radius 2 is 2.12 bits per heavy atom. The average molecular weight is 357 g/mol. The molecule has 1 atom stereocenters. The summed E-state index contributed by atoms with van der Waals surface area (Å²) in [5.41, 5.74) is 1.09. The highest BCUT2D eigenvalue weighted by molar-refractivity contribution is 5.94. The molecule has 1 aromatic carbocycles. The number of amides is 2. The molecule has 1 aliphatic rings. The summed E-state index contributed by atoms with van der Waals surface area (Å²) in [6.45, 7) is 0.533. The molecule has 26 heavy (non-hydrogen) atoms. The van der Waals surface area contributed by atoms with E-state index in [9.17, 15) is 9.59 Å². The minimum Gasteiger partial charge on any atom is -0.493 e. The monoisotopic (exact) mass is 357 g/mol. The van der Waals surface area contributed by atoms with Gasteiger partial charge in [0.25, 0.3) is 5.91 Å². The molecule has 0 radical (unpaired) electrons. The topological polar surface area (TPSA) is 90.0 Å². The Balaban J connectivity index is 1.63. The molecule has 1 aliphatic heterocycles. The molecule has 1 aromatic heterocycles. The van der Waals surface area contributed by atoms with E-state index in [0.717, 1.165) is 0 Å². The SMILES string of the molecule is COc1ccc(N2CC(CNC(=O)c3cccnc3)OC2=O)cc1OC. The predicted molar refractivity (Wildman–Crippen MR) is 93.7 cm³/mol. The van der Waals surface area contributed by atoms with Gasteiger partial charge in [-0.05, 0) is 24.3 Å². The maximum Gasteiger partial charge on any atom is 0.414 e. The van der Waals surface area contributed by atoms with Gasteiger partial charge in [0.05, 0.1) is 38.6 Å². The number of carbonyl (C=O) groups excluding carboxylic acids is 2. The molecule has 0 spiro atoms. The number of hydrogen-bond acceptors (Lipinski definition) is 6. The molecule has 0 saturated carbocycles. The number of rotatable bonds is 6. The standard InChI is InChI=1S/C18H19N3O5/c1-24-15-6-5-13(8-16(15)25-2)21-11-14(26-18(21)23)10-20-17(22)12-4-3-7-19-9-12/h3-9,14H,10-11H2,1-2H3,(H,20,22). The summed E-state index contributed by atoms with van der Waals surface area (Å²) in [5.74, 6) is 0.828. The van der Waals surface area contributed by atoms with Crippen LogP contribution in [0.5, 0.6) is 11.5 Å². The van der Waals surface area contributed by atoms with E-state index >= 15 is 0 Å². The van der Waals surface area contributed by atoms with Crippen molar-refractivity contribution in [1.82, 2.24) is 10.3 Å². The molecule has 3 rings (SSSR count). The van der Waals surface area contributed by atoms with Gasteiger partial charge in [-0.2, -0.15) is 0 Å². The van der Waals surface area contributed by atoms with Crippen LogP contribution in [0.3, 0.4) is 0 Å². The molecule has 1 fully saturated rings. The zero-order valence-electron chi connectivity index (χ0n) is 14.5. The molecular weight excluding hydrogens is 338 g/mol. The number of anilines is 1. The number of aromatic nitrogens is 1. The third-order valence-corrected chi connectivity index (χ3v) is 3.97. The van der Waals surface area contributed by atoms with Crippen molar-refractivity contribution in [2.24, 2.45) is 0 Å². The number of cyclic esters (lactones) is 1. The molecule has 2 heterocycles. The Bertz CT molecular complexity index is 797. The lowest BCUT2D eigenvalue weighted by Gasteiger charge is -2.15. The summed E-state index contributed by atoms with van der Waals surface area (Å²) >= 11 is 0. The lowest BCUT2D eigenvalue weighted by Crippen LogP contribution is -2.34. The molecule has 136 valence electrons. The third-order valence-electron chi connectivity index (χ3n) is 3.97. The first kappa shape index (κ1) is 17.5. The van der Waals surface area contributed by atoms with Crippen molar-refractivity contribution in [3.05, 3.63) is 48.3 Å². The quantitative estimate of drug-likeness (QED) is 0.849. The first-order chi connectivity index (χ1) is 12.6. The van der Waals surface area contributed by atoms with E-state index in [1.807, 2.05) is 0 Å². The van der Waals surface area contributed by atoms with Gasteiger partial charge in [-0.1, -0.05) is 0 Å². The van der Waals surface area contributed by atoms with Crippen LogP contribution < -0.4 is 19.7 Å². The van der Waals surface area contributed by atoms with Crippen molar-refractivity contribution in [1.29, 1.82) is 0 Å². The molecule has 0 aliphatic carbocycles. The second-order valence-electron chi connectivity index (χ2n) is 5.61. The number of nitrogens with one attached hydrogen (secondary N) is 1. The van der Waals surface area contributed by atoms with Crippen LogP contribution in [0.4, 0.5) is 10.5 Å². The number of hydrogen-bond donors (Lipinski definition) is 1. The summed E-state index contributed by atoms with van der Waals surface area (Å²) in [4.78, 5) is 29.6. The third kappa shape index (κ3) is 3.69. The molecular formula is C18H19N3O5. The predicted octanol–water partition coefficient (Wildman–Crippen LogP) is 1.85. The van der Waals surface area contributed by atoms with Crippen LogP contribution in [-0.4, -0.2) is 50.4 Å². The van der Waals surface area contributed by atoms with Crippen LogP contribution in [0.25, 0.3) is 0 Å². The van der Waals surface area contributed by atoms with Gasteiger partial charge >= 0.3 is 6.09 Å². The Morgan fingerprint density at radius 3 is 2.81 bits per heavy atom. The second-order valence-corrected chi connectivity index (χ2v) is 5.61. The maximum atomic E-state index is 12.2. The number of nitrogens with zero attached hydrogens (tertiary/aromatic N) is 2. The van der Waals surface area contributed by atoms with E-state index in [1.165, 1.54) is 18.2 Å². The van der Waals surface area contributed by atoms with Crippen molar-refractivity contribution < 1.29 is 23.8 Å². The van der Waals surface area contributed by atoms with Gasteiger partial charge in [-0.3, -0.25) is 14.7 Å². The number of benzene rings is 1. The maximum absolute atomic E-state index is 12.2. The van der Waals surface area contributed by atoms with Crippen LogP contribution in [-0.2, 0) is 4.74 Å². The largest absolute Gasteiger partial charge is 0.493 e. The van der Waals surface area contributed by atoms with Crippen molar-refractivity contribution in [3.63, 3.8) is 0 Å². The van der Waals surface area contributed by atoms with Crippen molar-refractivity contribution in [3.8, 4) is 11.5 Å². The summed E-state index contributed by atoms with van der Waals surface area (Å²) in [6, 6.07) is 8.52. The first-order valence-electron chi connectivity index (χ1n) is 8.00.